The highest BCUT2D eigenvalue weighted by atomic mass is 35.5. The molecule has 2 aromatic rings. The third kappa shape index (κ3) is 3.26. The van der Waals surface area contributed by atoms with Crippen molar-refractivity contribution in [3.8, 4) is 0 Å². The molecule has 0 radical (unpaired) electrons. The molecule has 0 aromatic heterocycles. The molecule has 142 valence electrons. The van der Waals surface area contributed by atoms with E-state index in [0.717, 1.165) is 31.2 Å². The van der Waals surface area contributed by atoms with Crippen LogP contribution in [-0.4, -0.2) is 31.8 Å². The number of nitrogens with zero attached hydrogens (tertiary/aromatic N) is 1. The number of benzene rings is 2. The molecule has 0 heterocycles. The average molecular weight is 406 g/mol. The molecule has 0 spiro atoms. The van der Waals surface area contributed by atoms with Crippen LogP contribution in [0.1, 0.15) is 46.8 Å². The summed E-state index contributed by atoms with van der Waals surface area (Å²) >= 11 is 6.25. The Balaban J connectivity index is 1.79. The molecule has 0 N–H and O–H groups in total. The van der Waals surface area contributed by atoms with Crippen LogP contribution in [0.5, 0.6) is 0 Å². The number of ether oxygens (including phenoxy) is 1. The summed E-state index contributed by atoms with van der Waals surface area (Å²) in [6.45, 7) is 0. The van der Waals surface area contributed by atoms with Gasteiger partial charge in [0.05, 0.1) is 23.7 Å². The number of hydrogen-bond donors (Lipinski definition) is 0. The highest BCUT2D eigenvalue weighted by molar-refractivity contribution is 7.89. The molecule has 2 aliphatic rings. The van der Waals surface area contributed by atoms with Crippen LogP contribution < -0.4 is 0 Å². The average Bonchev–Trinajstić information content (AvgIpc) is 3.41. The Hall–Kier alpha value is -1.89. The summed E-state index contributed by atoms with van der Waals surface area (Å²) in [5.74, 6) is -0.590. The van der Waals surface area contributed by atoms with Crippen LogP contribution in [0.2, 0.25) is 5.02 Å². The zero-order valence-electron chi connectivity index (χ0n) is 14.9. The molecular formula is C20H20ClNO4S. The highest BCUT2D eigenvalue weighted by Crippen LogP contribution is 2.45. The maximum absolute atomic E-state index is 13.6. The Morgan fingerprint density at radius 2 is 1.89 bits per heavy atom. The minimum Gasteiger partial charge on any atom is -0.465 e. The van der Waals surface area contributed by atoms with Crippen molar-refractivity contribution < 1.29 is 17.9 Å². The summed E-state index contributed by atoms with van der Waals surface area (Å²) in [6.07, 6.45) is 3.29. The van der Waals surface area contributed by atoms with Crippen molar-refractivity contribution in [3.63, 3.8) is 0 Å². The fourth-order valence-corrected chi connectivity index (χ4v) is 6.19. The van der Waals surface area contributed by atoms with Crippen molar-refractivity contribution in [2.24, 2.45) is 0 Å². The summed E-state index contributed by atoms with van der Waals surface area (Å²) in [5.41, 5.74) is 2.43. The molecule has 0 aliphatic heterocycles. The van der Waals surface area contributed by atoms with E-state index in [0.29, 0.717) is 0 Å². The number of rotatable bonds is 5. The standard InChI is InChI=1S/C20H20ClNO4S/c1-26-20(23)14-6-10-17(21)19(12-14)27(24,25)22(15-8-9-15)18-11-7-13-4-2-3-5-16(13)18/h2-6,10,12,15,18H,7-9,11H2,1H3. The number of hydrogen-bond acceptors (Lipinski definition) is 4. The maximum atomic E-state index is 13.6. The second-order valence-corrected chi connectivity index (χ2v) is 9.17. The van der Waals surface area contributed by atoms with Gasteiger partial charge >= 0.3 is 5.97 Å². The minimum atomic E-state index is -3.87. The maximum Gasteiger partial charge on any atom is 0.337 e. The predicted molar refractivity (Wildman–Crippen MR) is 102 cm³/mol. The summed E-state index contributed by atoms with van der Waals surface area (Å²) in [7, 11) is -2.60. The molecule has 1 fully saturated rings. The van der Waals surface area contributed by atoms with E-state index in [1.54, 1.807) is 4.31 Å². The van der Waals surface area contributed by atoms with Gasteiger partial charge < -0.3 is 4.74 Å². The van der Waals surface area contributed by atoms with Gasteiger partial charge in [0.1, 0.15) is 4.90 Å². The van der Waals surface area contributed by atoms with E-state index >= 15 is 0 Å². The van der Waals surface area contributed by atoms with Crippen molar-refractivity contribution in [1.29, 1.82) is 0 Å². The molecule has 7 heteroatoms. The first-order valence-corrected chi connectivity index (χ1v) is 10.7. The van der Waals surface area contributed by atoms with E-state index in [4.69, 9.17) is 16.3 Å². The van der Waals surface area contributed by atoms with Crippen LogP contribution in [-0.2, 0) is 21.2 Å². The molecule has 2 aromatic carbocycles. The largest absolute Gasteiger partial charge is 0.465 e. The molecule has 2 aliphatic carbocycles. The van der Waals surface area contributed by atoms with Gasteiger partial charge in [0, 0.05) is 6.04 Å². The lowest BCUT2D eigenvalue weighted by molar-refractivity contribution is 0.0600. The third-order valence-corrected chi connectivity index (χ3v) is 7.67. The number of fused-ring (bicyclic) bond motifs is 1. The molecule has 1 unspecified atom stereocenters. The molecule has 1 atom stereocenters. The van der Waals surface area contributed by atoms with Gasteiger partial charge in [-0.15, -0.1) is 0 Å². The van der Waals surface area contributed by atoms with E-state index < -0.39 is 16.0 Å². The van der Waals surface area contributed by atoms with Crippen LogP contribution in [0.25, 0.3) is 0 Å². The van der Waals surface area contributed by atoms with Gasteiger partial charge in [0.25, 0.3) is 0 Å². The zero-order valence-corrected chi connectivity index (χ0v) is 16.5. The van der Waals surface area contributed by atoms with E-state index in [1.807, 2.05) is 18.2 Å². The van der Waals surface area contributed by atoms with Gasteiger partial charge in [0.15, 0.2) is 0 Å². The number of aryl methyl sites for hydroxylation is 1. The van der Waals surface area contributed by atoms with E-state index in [-0.39, 0.29) is 27.6 Å². The van der Waals surface area contributed by atoms with Crippen LogP contribution >= 0.6 is 11.6 Å². The fourth-order valence-electron chi connectivity index (χ4n) is 3.81. The van der Waals surface area contributed by atoms with Crippen molar-refractivity contribution in [2.75, 3.05) is 7.11 Å². The van der Waals surface area contributed by atoms with Gasteiger partial charge in [-0.3, -0.25) is 0 Å². The number of esters is 1. The molecular weight excluding hydrogens is 386 g/mol. The van der Waals surface area contributed by atoms with Gasteiger partial charge in [-0.05, 0) is 55.0 Å². The molecule has 0 bridgehead atoms. The van der Waals surface area contributed by atoms with Gasteiger partial charge in [-0.1, -0.05) is 35.9 Å². The number of carbonyl (C=O) groups is 1. The van der Waals surface area contributed by atoms with E-state index in [9.17, 15) is 13.2 Å². The normalized spacial score (nSPS) is 19.1. The Labute approximate surface area is 163 Å². The van der Waals surface area contributed by atoms with Crippen LogP contribution in [0.3, 0.4) is 0 Å². The first-order chi connectivity index (χ1) is 12.9. The molecule has 1 saturated carbocycles. The van der Waals surface area contributed by atoms with Gasteiger partial charge in [-0.25, -0.2) is 13.2 Å². The van der Waals surface area contributed by atoms with Crippen molar-refractivity contribution >= 4 is 27.6 Å². The van der Waals surface area contributed by atoms with E-state index in [1.165, 1.54) is 30.9 Å². The number of methoxy groups -OCH3 is 1. The Morgan fingerprint density at radius 1 is 1.15 bits per heavy atom. The quantitative estimate of drug-likeness (QED) is 0.706. The third-order valence-electron chi connectivity index (χ3n) is 5.22. The van der Waals surface area contributed by atoms with Crippen molar-refractivity contribution in [3.05, 3.63) is 64.2 Å². The lowest BCUT2D eigenvalue weighted by atomic mass is 10.1. The van der Waals surface area contributed by atoms with Crippen molar-refractivity contribution in [1.82, 2.24) is 4.31 Å². The SMILES string of the molecule is COC(=O)c1ccc(Cl)c(S(=O)(=O)N(C2CC2)C2CCc3ccccc32)c1. The molecule has 27 heavy (non-hydrogen) atoms. The zero-order chi connectivity index (χ0) is 19.2. The molecule has 5 nitrogen and oxygen atoms in total. The molecule has 0 saturated heterocycles. The summed E-state index contributed by atoms with van der Waals surface area (Å²) in [4.78, 5) is 11.8. The second kappa shape index (κ2) is 6.93. The first kappa shape index (κ1) is 18.5. The lowest BCUT2D eigenvalue weighted by Crippen LogP contribution is -2.36. The monoisotopic (exact) mass is 405 g/mol. The lowest BCUT2D eigenvalue weighted by Gasteiger charge is -2.29. The smallest absolute Gasteiger partial charge is 0.337 e. The second-order valence-electron chi connectivity index (χ2n) is 6.96. The summed E-state index contributed by atoms with van der Waals surface area (Å²) < 4.78 is 33.5. The molecule has 4 rings (SSSR count). The van der Waals surface area contributed by atoms with Crippen LogP contribution in [0, 0.1) is 0 Å². The topological polar surface area (TPSA) is 63.7 Å². The van der Waals surface area contributed by atoms with Gasteiger partial charge in [0.2, 0.25) is 10.0 Å². The summed E-state index contributed by atoms with van der Waals surface area (Å²) in [6, 6.07) is 12.0. The first-order valence-electron chi connectivity index (χ1n) is 8.92. The van der Waals surface area contributed by atoms with Gasteiger partial charge in [-0.2, -0.15) is 4.31 Å². The van der Waals surface area contributed by atoms with E-state index in [2.05, 4.69) is 6.07 Å². The Bertz CT molecular complexity index is 1000. The number of carbonyl (C=O) groups excluding carboxylic acids is 1. The summed E-state index contributed by atoms with van der Waals surface area (Å²) in [5, 5.41) is 0.111. The Morgan fingerprint density at radius 3 is 2.59 bits per heavy atom. The molecule has 0 amide bonds. The number of halogens is 1. The number of sulfonamides is 1. The van der Waals surface area contributed by atoms with Crippen LogP contribution in [0.4, 0.5) is 0 Å². The predicted octanol–water partition coefficient (Wildman–Crippen LogP) is 3.97. The Kier molecular flexibility index (Phi) is 4.74. The van der Waals surface area contributed by atoms with Crippen LogP contribution in [0.15, 0.2) is 47.4 Å². The fraction of sp³-hybridized carbons (Fsp3) is 0.350. The minimum absolute atomic E-state index is 0.0241. The van der Waals surface area contributed by atoms with Crippen molar-refractivity contribution in [2.45, 2.75) is 42.7 Å². The highest BCUT2D eigenvalue weighted by Gasteiger charge is 2.45.